The van der Waals surface area contributed by atoms with Crippen molar-refractivity contribution in [2.45, 2.75) is 0 Å². The zero-order valence-electron chi connectivity index (χ0n) is 13.9. The Hall–Kier alpha value is -3.66. The lowest BCUT2D eigenvalue weighted by atomic mass is 10.1. The quantitative estimate of drug-likeness (QED) is 0.539. The highest BCUT2D eigenvalue weighted by Crippen LogP contribution is 2.21. The van der Waals surface area contributed by atoms with Gasteiger partial charge in [0.15, 0.2) is 0 Å². The van der Waals surface area contributed by atoms with Crippen LogP contribution in [0.2, 0.25) is 0 Å². The van der Waals surface area contributed by atoms with E-state index in [1.54, 1.807) is 18.5 Å². The molecule has 126 valence electrons. The van der Waals surface area contributed by atoms with Crippen molar-refractivity contribution < 1.29 is 9.67 Å². The summed E-state index contributed by atoms with van der Waals surface area (Å²) in [5, 5.41) is 13.1. The van der Waals surface area contributed by atoms with Crippen LogP contribution in [0.4, 0.5) is 0 Å². The predicted octanol–water partition coefficient (Wildman–Crippen LogP) is 2.85. The summed E-state index contributed by atoms with van der Waals surface area (Å²) in [6.45, 7) is 0. The van der Waals surface area contributed by atoms with E-state index in [1.165, 1.54) is 9.13 Å². The van der Waals surface area contributed by atoms with Gasteiger partial charge < -0.3 is 5.11 Å². The largest absolute Gasteiger partial charge is 0.841 e. The van der Waals surface area contributed by atoms with Gasteiger partial charge in [0.2, 0.25) is 0 Å². The van der Waals surface area contributed by atoms with Gasteiger partial charge in [-0.15, -0.1) is 0 Å². The van der Waals surface area contributed by atoms with Crippen molar-refractivity contribution in [2.24, 2.45) is 0 Å². The summed E-state index contributed by atoms with van der Waals surface area (Å²) in [4.78, 5) is 13.1. The molecule has 1 aromatic heterocycles. The lowest BCUT2D eigenvalue weighted by Crippen LogP contribution is -2.41. The smallest absolute Gasteiger partial charge is 0.349 e. The molecule has 0 atom stereocenters. The summed E-state index contributed by atoms with van der Waals surface area (Å²) in [6.07, 6.45) is 1.56. The van der Waals surface area contributed by atoms with Gasteiger partial charge in [0, 0.05) is 0 Å². The minimum atomic E-state index is -0.334. The van der Waals surface area contributed by atoms with E-state index < -0.39 is 0 Å². The maximum Gasteiger partial charge on any atom is 0.349 e. The van der Waals surface area contributed by atoms with Crippen LogP contribution in [-0.2, 0) is 0 Å². The van der Waals surface area contributed by atoms with Crippen LogP contribution in [-0.4, -0.2) is 4.57 Å². The number of para-hydroxylation sites is 2. The summed E-state index contributed by atoms with van der Waals surface area (Å²) in [7, 11) is 0. The van der Waals surface area contributed by atoms with Crippen molar-refractivity contribution in [1.29, 1.82) is 0 Å². The number of benzene rings is 3. The Morgan fingerprint density at radius 2 is 1.27 bits per heavy atom. The molecular formula is C22H16N2O2. The van der Waals surface area contributed by atoms with Gasteiger partial charge in [0.1, 0.15) is 16.9 Å². The Morgan fingerprint density at radius 1 is 0.731 bits per heavy atom. The molecule has 0 saturated carbocycles. The summed E-state index contributed by atoms with van der Waals surface area (Å²) in [6, 6.07) is 27.7. The fraction of sp³-hybridized carbons (Fsp3) is 0. The van der Waals surface area contributed by atoms with E-state index in [0.717, 1.165) is 0 Å². The average Bonchev–Trinajstić information content (AvgIpc) is 2.70. The van der Waals surface area contributed by atoms with Crippen molar-refractivity contribution in [2.75, 3.05) is 0 Å². The van der Waals surface area contributed by atoms with Gasteiger partial charge in [-0.1, -0.05) is 66.7 Å². The van der Waals surface area contributed by atoms with Gasteiger partial charge in [-0.25, -0.2) is 9.36 Å². The third-order valence-electron chi connectivity index (χ3n) is 4.23. The van der Waals surface area contributed by atoms with E-state index in [-0.39, 0.29) is 17.0 Å². The van der Waals surface area contributed by atoms with Crippen LogP contribution in [0.3, 0.4) is 0 Å². The van der Waals surface area contributed by atoms with Crippen molar-refractivity contribution in [3.05, 3.63) is 108 Å². The summed E-state index contributed by atoms with van der Waals surface area (Å²) < 4.78 is 3.02. The van der Waals surface area contributed by atoms with Crippen LogP contribution in [0.1, 0.15) is 0 Å². The lowest BCUT2D eigenvalue weighted by molar-refractivity contribution is -0.654. The Labute approximate surface area is 150 Å². The van der Waals surface area contributed by atoms with Crippen LogP contribution in [0.15, 0.2) is 102 Å². The first kappa shape index (κ1) is 15.8. The van der Waals surface area contributed by atoms with E-state index in [4.69, 9.17) is 0 Å². The molecule has 4 rings (SSSR count). The first-order valence-electron chi connectivity index (χ1n) is 8.30. The molecule has 0 aliphatic carbocycles. The summed E-state index contributed by atoms with van der Waals surface area (Å²) >= 11 is 0. The highest BCUT2D eigenvalue weighted by atomic mass is 16.3. The molecule has 0 fully saturated rings. The zero-order chi connectivity index (χ0) is 17.9. The molecule has 0 saturated heterocycles. The van der Waals surface area contributed by atoms with Crippen molar-refractivity contribution in [1.82, 2.24) is 4.57 Å². The number of hydrogen-bond acceptors (Lipinski definition) is 2. The third kappa shape index (κ3) is 2.78. The van der Waals surface area contributed by atoms with Gasteiger partial charge in [-0.2, -0.15) is 4.57 Å². The van der Waals surface area contributed by atoms with E-state index >= 15 is 0 Å². The minimum absolute atomic E-state index is 0.154. The van der Waals surface area contributed by atoms with Crippen LogP contribution in [0.25, 0.3) is 22.5 Å². The SMILES string of the molecule is O=c1c(-c2ccccc2)c([O-])[n+](-c2ccccc2)cn1-c1ccccc1. The second kappa shape index (κ2) is 6.69. The number of hydrogen-bond donors (Lipinski definition) is 0. The second-order valence-corrected chi connectivity index (χ2v) is 5.88. The molecule has 26 heavy (non-hydrogen) atoms. The third-order valence-corrected chi connectivity index (χ3v) is 4.23. The average molecular weight is 340 g/mol. The first-order valence-corrected chi connectivity index (χ1v) is 8.30. The number of rotatable bonds is 3. The molecule has 0 radical (unpaired) electrons. The molecule has 4 nitrogen and oxygen atoms in total. The molecule has 0 unspecified atom stereocenters. The number of aromatic nitrogens is 2. The highest BCUT2D eigenvalue weighted by molar-refractivity contribution is 5.66. The first-order chi connectivity index (χ1) is 12.8. The Balaban J connectivity index is 2.07. The normalized spacial score (nSPS) is 10.6. The Morgan fingerprint density at radius 3 is 1.88 bits per heavy atom. The molecule has 0 spiro atoms. The van der Waals surface area contributed by atoms with Crippen LogP contribution in [0, 0.1) is 0 Å². The number of nitrogens with zero attached hydrogens (tertiary/aromatic N) is 2. The fourth-order valence-electron chi connectivity index (χ4n) is 2.95. The molecule has 0 bridgehead atoms. The van der Waals surface area contributed by atoms with Crippen LogP contribution < -0.4 is 15.2 Å². The van der Waals surface area contributed by atoms with E-state index in [2.05, 4.69) is 0 Å². The van der Waals surface area contributed by atoms with E-state index in [9.17, 15) is 9.90 Å². The monoisotopic (exact) mass is 340 g/mol. The highest BCUT2D eigenvalue weighted by Gasteiger charge is 2.19. The Bertz CT molecular complexity index is 1090. The standard InChI is InChI=1S/C22H16N2O2/c25-21-20(17-10-4-1-5-11-17)22(26)24(19-14-8-3-9-15-19)16-23(21)18-12-6-2-7-13-18/h1-16H. The van der Waals surface area contributed by atoms with Gasteiger partial charge in [0.25, 0.3) is 6.33 Å². The maximum absolute atomic E-state index is 13.1. The molecule has 1 heterocycles. The lowest BCUT2D eigenvalue weighted by Gasteiger charge is -2.16. The van der Waals surface area contributed by atoms with Gasteiger partial charge in [-0.05, 0) is 29.8 Å². The Kier molecular flexibility index (Phi) is 4.07. The molecule has 4 heteroatoms. The van der Waals surface area contributed by atoms with E-state index in [0.29, 0.717) is 16.9 Å². The van der Waals surface area contributed by atoms with Crippen molar-refractivity contribution in [3.8, 4) is 28.4 Å². The van der Waals surface area contributed by atoms with Gasteiger partial charge in [0.05, 0.1) is 5.88 Å². The molecule has 3 aromatic carbocycles. The molecular weight excluding hydrogens is 324 g/mol. The summed E-state index contributed by atoms with van der Waals surface area (Å²) in [5.74, 6) is -0.334. The molecule has 0 amide bonds. The summed E-state index contributed by atoms with van der Waals surface area (Å²) in [5.41, 5.74) is 1.84. The van der Waals surface area contributed by atoms with Gasteiger partial charge >= 0.3 is 5.56 Å². The minimum Gasteiger partial charge on any atom is -0.841 e. The van der Waals surface area contributed by atoms with Gasteiger partial charge in [-0.3, -0.25) is 0 Å². The van der Waals surface area contributed by atoms with Crippen LogP contribution in [0.5, 0.6) is 5.88 Å². The molecule has 0 N–H and O–H groups in total. The van der Waals surface area contributed by atoms with E-state index in [1.807, 2.05) is 78.9 Å². The maximum atomic E-state index is 13.1. The zero-order valence-corrected chi connectivity index (χ0v) is 13.9. The molecule has 4 aromatic rings. The molecule has 0 aliphatic rings. The van der Waals surface area contributed by atoms with Crippen LogP contribution >= 0.6 is 0 Å². The predicted molar refractivity (Wildman–Crippen MR) is 98.5 cm³/mol. The fourth-order valence-corrected chi connectivity index (χ4v) is 2.95. The van der Waals surface area contributed by atoms with Crippen molar-refractivity contribution >= 4 is 0 Å². The molecule has 0 aliphatic heterocycles. The second-order valence-electron chi connectivity index (χ2n) is 5.88. The van der Waals surface area contributed by atoms with Crippen molar-refractivity contribution in [3.63, 3.8) is 0 Å². The topological polar surface area (TPSA) is 48.9 Å².